The largest absolute Gasteiger partial charge is 0.314 e. The SMILES string of the molecule is CCCCC(C)NCCCS(N)(=O)=O. The zero-order valence-electron chi connectivity index (χ0n) is 9.12. The van der Waals surface area contributed by atoms with Crippen molar-refractivity contribution in [2.75, 3.05) is 12.3 Å². The molecule has 0 aromatic heterocycles. The Morgan fingerprint density at radius 2 is 2.00 bits per heavy atom. The van der Waals surface area contributed by atoms with Crippen LogP contribution in [0.5, 0.6) is 0 Å². The van der Waals surface area contributed by atoms with Gasteiger partial charge in [0.2, 0.25) is 10.0 Å². The van der Waals surface area contributed by atoms with Crippen LogP contribution in [0.3, 0.4) is 0 Å². The molecule has 0 radical (unpaired) electrons. The molecular weight excluding hydrogens is 200 g/mol. The van der Waals surface area contributed by atoms with Crippen molar-refractivity contribution < 1.29 is 8.42 Å². The molecule has 0 heterocycles. The fourth-order valence-electron chi connectivity index (χ4n) is 1.23. The number of nitrogens with one attached hydrogen (secondary N) is 1. The molecule has 1 unspecified atom stereocenters. The van der Waals surface area contributed by atoms with Gasteiger partial charge < -0.3 is 5.32 Å². The van der Waals surface area contributed by atoms with E-state index in [2.05, 4.69) is 19.2 Å². The van der Waals surface area contributed by atoms with Gasteiger partial charge in [-0.05, 0) is 26.3 Å². The molecule has 3 N–H and O–H groups in total. The summed E-state index contributed by atoms with van der Waals surface area (Å²) in [4.78, 5) is 0. The first-order valence-corrected chi connectivity index (χ1v) is 6.91. The van der Waals surface area contributed by atoms with E-state index in [1.165, 1.54) is 12.8 Å². The van der Waals surface area contributed by atoms with Crippen molar-refractivity contribution in [2.24, 2.45) is 5.14 Å². The van der Waals surface area contributed by atoms with Gasteiger partial charge in [-0.15, -0.1) is 0 Å². The zero-order valence-corrected chi connectivity index (χ0v) is 9.94. The summed E-state index contributed by atoms with van der Waals surface area (Å²) in [5.41, 5.74) is 0. The van der Waals surface area contributed by atoms with E-state index in [0.29, 0.717) is 12.5 Å². The van der Waals surface area contributed by atoms with E-state index in [9.17, 15) is 8.42 Å². The molecule has 0 aromatic carbocycles. The first-order chi connectivity index (χ1) is 6.45. The summed E-state index contributed by atoms with van der Waals surface area (Å²) < 4.78 is 21.2. The minimum Gasteiger partial charge on any atom is -0.314 e. The number of hydrogen-bond acceptors (Lipinski definition) is 3. The van der Waals surface area contributed by atoms with Crippen molar-refractivity contribution in [3.63, 3.8) is 0 Å². The van der Waals surface area contributed by atoms with E-state index in [1.54, 1.807) is 0 Å². The maximum absolute atomic E-state index is 10.6. The molecule has 5 heteroatoms. The molecule has 0 fully saturated rings. The zero-order chi connectivity index (χ0) is 11.0. The van der Waals surface area contributed by atoms with Gasteiger partial charge in [0, 0.05) is 6.04 Å². The second-order valence-corrected chi connectivity index (χ2v) is 5.45. The lowest BCUT2D eigenvalue weighted by Gasteiger charge is -2.12. The first-order valence-electron chi connectivity index (χ1n) is 5.19. The van der Waals surface area contributed by atoms with E-state index in [4.69, 9.17) is 5.14 Å². The average Bonchev–Trinajstić information content (AvgIpc) is 2.07. The predicted molar refractivity (Wildman–Crippen MR) is 59.6 cm³/mol. The van der Waals surface area contributed by atoms with Gasteiger partial charge in [0.15, 0.2) is 0 Å². The number of rotatable bonds is 8. The molecule has 0 bridgehead atoms. The number of primary sulfonamides is 1. The van der Waals surface area contributed by atoms with Crippen LogP contribution in [0.15, 0.2) is 0 Å². The third-order valence-electron chi connectivity index (χ3n) is 2.09. The molecule has 0 saturated carbocycles. The lowest BCUT2D eigenvalue weighted by atomic mass is 10.1. The van der Waals surface area contributed by atoms with Gasteiger partial charge in [0.1, 0.15) is 0 Å². The third-order valence-corrected chi connectivity index (χ3v) is 2.95. The third kappa shape index (κ3) is 9.95. The Hall–Kier alpha value is -0.130. The molecule has 0 aliphatic rings. The van der Waals surface area contributed by atoms with Gasteiger partial charge in [-0.25, -0.2) is 13.6 Å². The minimum absolute atomic E-state index is 0.0699. The van der Waals surface area contributed by atoms with Crippen LogP contribution < -0.4 is 10.5 Å². The Balaban J connectivity index is 3.36. The molecule has 4 nitrogen and oxygen atoms in total. The molecule has 0 aliphatic heterocycles. The molecule has 86 valence electrons. The highest BCUT2D eigenvalue weighted by Crippen LogP contribution is 1.99. The molecule has 0 aromatic rings. The van der Waals surface area contributed by atoms with Crippen molar-refractivity contribution in [3.8, 4) is 0 Å². The lowest BCUT2D eigenvalue weighted by Crippen LogP contribution is -2.29. The predicted octanol–water partition coefficient (Wildman–Crippen LogP) is 0.833. The molecular formula is C9H22N2O2S. The maximum Gasteiger partial charge on any atom is 0.209 e. The molecule has 0 rings (SSSR count). The standard InChI is InChI=1S/C9H22N2O2S/c1-3-4-6-9(2)11-7-5-8-14(10,12)13/h9,11H,3-8H2,1-2H3,(H2,10,12,13). The maximum atomic E-state index is 10.6. The van der Waals surface area contributed by atoms with Crippen LogP contribution >= 0.6 is 0 Å². The van der Waals surface area contributed by atoms with E-state index in [1.807, 2.05) is 0 Å². The lowest BCUT2D eigenvalue weighted by molar-refractivity contribution is 0.494. The van der Waals surface area contributed by atoms with Gasteiger partial charge in [-0.3, -0.25) is 0 Å². The molecule has 0 spiro atoms. The molecule has 0 amide bonds. The highest BCUT2D eigenvalue weighted by atomic mass is 32.2. The summed E-state index contributed by atoms with van der Waals surface area (Å²) in [7, 11) is -3.28. The van der Waals surface area contributed by atoms with E-state index >= 15 is 0 Å². The van der Waals surface area contributed by atoms with Crippen LogP contribution in [-0.2, 0) is 10.0 Å². The number of unbranched alkanes of at least 4 members (excludes halogenated alkanes) is 1. The topological polar surface area (TPSA) is 72.2 Å². The molecule has 1 atom stereocenters. The van der Waals surface area contributed by atoms with Crippen LogP contribution in [0.4, 0.5) is 0 Å². The van der Waals surface area contributed by atoms with Gasteiger partial charge >= 0.3 is 0 Å². The van der Waals surface area contributed by atoms with Crippen molar-refractivity contribution in [3.05, 3.63) is 0 Å². The van der Waals surface area contributed by atoms with E-state index in [0.717, 1.165) is 13.0 Å². The fraction of sp³-hybridized carbons (Fsp3) is 1.00. The van der Waals surface area contributed by atoms with Crippen molar-refractivity contribution in [1.29, 1.82) is 0 Å². The van der Waals surface area contributed by atoms with Crippen LogP contribution in [-0.4, -0.2) is 26.8 Å². The molecule has 0 aliphatic carbocycles. The number of sulfonamides is 1. The van der Waals surface area contributed by atoms with Crippen molar-refractivity contribution in [1.82, 2.24) is 5.32 Å². The Bertz CT molecular complexity index is 227. The quantitative estimate of drug-likeness (QED) is 0.598. The van der Waals surface area contributed by atoms with Gasteiger partial charge in [-0.1, -0.05) is 19.8 Å². The Kier molecular flexibility index (Phi) is 7.13. The second-order valence-electron chi connectivity index (χ2n) is 3.72. The Morgan fingerprint density at radius 1 is 1.36 bits per heavy atom. The van der Waals surface area contributed by atoms with Gasteiger partial charge in [0.25, 0.3) is 0 Å². The van der Waals surface area contributed by atoms with Crippen LogP contribution in [0.1, 0.15) is 39.5 Å². The highest BCUT2D eigenvalue weighted by molar-refractivity contribution is 7.89. The first kappa shape index (κ1) is 13.9. The summed E-state index contributed by atoms with van der Waals surface area (Å²) in [5, 5.41) is 8.15. The highest BCUT2D eigenvalue weighted by Gasteiger charge is 2.03. The number of hydrogen-bond donors (Lipinski definition) is 2. The van der Waals surface area contributed by atoms with Gasteiger partial charge in [0.05, 0.1) is 5.75 Å². The van der Waals surface area contributed by atoms with Crippen LogP contribution in [0, 0.1) is 0 Å². The summed E-state index contributed by atoms with van der Waals surface area (Å²) in [6, 6.07) is 0.468. The second kappa shape index (κ2) is 7.20. The van der Waals surface area contributed by atoms with Crippen LogP contribution in [0.25, 0.3) is 0 Å². The summed E-state index contributed by atoms with van der Waals surface area (Å²) in [5.74, 6) is 0.0699. The smallest absolute Gasteiger partial charge is 0.209 e. The number of nitrogens with two attached hydrogens (primary N) is 1. The van der Waals surface area contributed by atoms with E-state index < -0.39 is 10.0 Å². The van der Waals surface area contributed by atoms with Crippen LogP contribution in [0.2, 0.25) is 0 Å². The monoisotopic (exact) mass is 222 g/mol. The normalized spacial score (nSPS) is 14.2. The van der Waals surface area contributed by atoms with Crippen molar-refractivity contribution >= 4 is 10.0 Å². The minimum atomic E-state index is -3.28. The van der Waals surface area contributed by atoms with Crippen molar-refractivity contribution in [2.45, 2.75) is 45.6 Å². The Morgan fingerprint density at radius 3 is 2.50 bits per heavy atom. The summed E-state index contributed by atoms with van der Waals surface area (Å²) in [6.07, 6.45) is 4.15. The Labute approximate surface area is 87.3 Å². The summed E-state index contributed by atoms with van der Waals surface area (Å²) in [6.45, 7) is 5.00. The molecule has 0 saturated heterocycles. The average molecular weight is 222 g/mol. The van der Waals surface area contributed by atoms with Gasteiger partial charge in [-0.2, -0.15) is 0 Å². The fourth-order valence-corrected chi connectivity index (χ4v) is 1.78. The van der Waals surface area contributed by atoms with E-state index in [-0.39, 0.29) is 5.75 Å². The molecule has 14 heavy (non-hydrogen) atoms. The summed E-state index contributed by atoms with van der Waals surface area (Å²) >= 11 is 0.